The van der Waals surface area contributed by atoms with Gasteiger partial charge in [0.15, 0.2) is 5.41 Å². The van der Waals surface area contributed by atoms with Crippen LogP contribution < -0.4 is 4.74 Å². The van der Waals surface area contributed by atoms with E-state index >= 15 is 0 Å². The molecule has 190 valence electrons. The number of ether oxygens (including phenoxy) is 2. The summed E-state index contributed by atoms with van der Waals surface area (Å²) in [7, 11) is 1.36. The molecule has 0 N–H and O–H groups in total. The number of hydrogen-bond acceptors (Lipinski definition) is 4. The van der Waals surface area contributed by atoms with Crippen LogP contribution in [0.15, 0.2) is 24.3 Å². The highest BCUT2D eigenvalue weighted by Crippen LogP contribution is 2.41. The summed E-state index contributed by atoms with van der Waals surface area (Å²) < 4.78 is 10.8. The van der Waals surface area contributed by atoms with Crippen LogP contribution in [0.1, 0.15) is 122 Å². The lowest BCUT2D eigenvalue weighted by Gasteiger charge is -2.32. The maximum Gasteiger partial charge on any atom is 0.325 e. The summed E-state index contributed by atoms with van der Waals surface area (Å²) in [6.07, 6.45) is 18.3. The minimum atomic E-state index is -1.03. The Hall–Kier alpha value is -2.02. The highest BCUT2D eigenvalue weighted by atomic mass is 16.5. The Morgan fingerprint density at radius 3 is 2.03 bits per heavy atom. The summed E-state index contributed by atoms with van der Waals surface area (Å²) in [6, 6.07) is 10.8. The van der Waals surface area contributed by atoms with E-state index in [1.54, 1.807) is 6.92 Å². The SMILES string of the molecule is CCCCCCCCCCCCOc1ccc(C2CCC(CC(C)(C#N)C(=O)OC)CC2)cc1. The minimum absolute atomic E-state index is 0.406. The predicted molar refractivity (Wildman–Crippen MR) is 139 cm³/mol. The second-order valence-corrected chi connectivity index (χ2v) is 10.5. The molecule has 1 aliphatic rings. The van der Waals surface area contributed by atoms with Crippen molar-refractivity contribution >= 4 is 5.97 Å². The summed E-state index contributed by atoms with van der Waals surface area (Å²) in [6.45, 7) is 4.78. The average molecular weight is 470 g/mol. The molecule has 0 spiro atoms. The number of hydrogen-bond donors (Lipinski definition) is 0. The van der Waals surface area contributed by atoms with Gasteiger partial charge in [-0.15, -0.1) is 0 Å². The maximum atomic E-state index is 12.0. The Morgan fingerprint density at radius 1 is 0.941 bits per heavy atom. The Balaban J connectivity index is 1.61. The summed E-state index contributed by atoms with van der Waals surface area (Å²) in [5.41, 5.74) is 0.347. The van der Waals surface area contributed by atoms with E-state index in [4.69, 9.17) is 9.47 Å². The zero-order valence-electron chi connectivity index (χ0n) is 21.9. The zero-order chi connectivity index (χ0) is 24.7. The molecule has 0 aliphatic heterocycles. The fourth-order valence-electron chi connectivity index (χ4n) is 5.29. The zero-order valence-corrected chi connectivity index (χ0v) is 21.9. The summed E-state index contributed by atoms with van der Waals surface area (Å²) >= 11 is 0. The number of unbranched alkanes of at least 4 members (excludes halogenated alkanes) is 9. The molecule has 0 bridgehead atoms. The van der Waals surface area contributed by atoms with Crippen LogP contribution in [0.3, 0.4) is 0 Å². The Morgan fingerprint density at radius 2 is 1.50 bits per heavy atom. The molecule has 1 aromatic rings. The molecule has 1 saturated carbocycles. The molecule has 4 nitrogen and oxygen atoms in total. The van der Waals surface area contributed by atoms with E-state index in [0.717, 1.165) is 44.5 Å². The van der Waals surface area contributed by atoms with Crippen molar-refractivity contribution in [2.75, 3.05) is 13.7 Å². The smallest absolute Gasteiger partial charge is 0.325 e. The second kappa shape index (κ2) is 15.8. The van der Waals surface area contributed by atoms with Crippen molar-refractivity contribution in [3.63, 3.8) is 0 Å². The third-order valence-electron chi connectivity index (χ3n) is 7.54. The fraction of sp³-hybridized carbons (Fsp3) is 0.733. The van der Waals surface area contributed by atoms with Crippen molar-refractivity contribution in [2.45, 2.75) is 116 Å². The average Bonchev–Trinajstić information content (AvgIpc) is 2.87. The molecular formula is C30H47NO3. The van der Waals surface area contributed by atoms with Gasteiger partial charge in [0.05, 0.1) is 19.8 Å². The van der Waals surface area contributed by atoms with Crippen LogP contribution in [-0.2, 0) is 9.53 Å². The topological polar surface area (TPSA) is 59.3 Å². The molecule has 1 atom stereocenters. The number of rotatable bonds is 16. The Bertz CT molecular complexity index is 730. The maximum absolute atomic E-state index is 12.0. The van der Waals surface area contributed by atoms with Gasteiger partial charge >= 0.3 is 5.97 Å². The molecule has 1 fully saturated rings. The molecule has 1 aliphatic carbocycles. The van der Waals surface area contributed by atoms with E-state index in [-0.39, 0.29) is 0 Å². The van der Waals surface area contributed by atoms with E-state index in [1.807, 2.05) is 0 Å². The Kier molecular flexibility index (Phi) is 13.1. The van der Waals surface area contributed by atoms with Crippen LogP contribution in [0.4, 0.5) is 0 Å². The van der Waals surface area contributed by atoms with E-state index in [0.29, 0.717) is 18.3 Å². The van der Waals surface area contributed by atoms with Gasteiger partial charge in [0.1, 0.15) is 5.75 Å². The highest BCUT2D eigenvalue weighted by Gasteiger charge is 2.38. The largest absolute Gasteiger partial charge is 0.494 e. The van der Waals surface area contributed by atoms with E-state index in [9.17, 15) is 10.1 Å². The van der Waals surface area contributed by atoms with E-state index in [1.165, 1.54) is 70.5 Å². The van der Waals surface area contributed by atoms with Gasteiger partial charge in [-0.1, -0.05) is 76.8 Å². The lowest BCUT2D eigenvalue weighted by atomic mass is 9.72. The van der Waals surface area contributed by atoms with Gasteiger partial charge in [0, 0.05) is 0 Å². The molecular weight excluding hydrogens is 422 g/mol. The van der Waals surface area contributed by atoms with Crippen LogP contribution >= 0.6 is 0 Å². The van der Waals surface area contributed by atoms with Gasteiger partial charge in [-0.3, -0.25) is 4.79 Å². The standard InChI is InChI=1S/C30H47NO3/c1-4-5-6-7-8-9-10-11-12-13-22-34-28-20-18-27(19-21-28)26-16-14-25(15-17-26)23-30(2,24-31)29(32)33-3/h18-21,25-26H,4-17,22-23H2,1-3H3. The van der Waals surface area contributed by atoms with Crippen LogP contribution in [0.5, 0.6) is 5.75 Å². The fourth-order valence-corrected chi connectivity index (χ4v) is 5.29. The summed E-state index contributed by atoms with van der Waals surface area (Å²) in [4.78, 5) is 12.0. The van der Waals surface area contributed by atoms with Crippen molar-refractivity contribution in [2.24, 2.45) is 11.3 Å². The number of esters is 1. The lowest BCUT2D eigenvalue weighted by Crippen LogP contribution is -2.31. The summed E-state index contributed by atoms with van der Waals surface area (Å²) in [5, 5.41) is 9.47. The normalized spacial score (nSPS) is 19.7. The first-order valence-corrected chi connectivity index (χ1v) is 13.7. The van der Waals surface area contributed by atoms with Gasteiger partial charge in [-0.05, 0) is 75.0 Å². The number of benzene rings is 1. The van der Waals surface area contributed by atoms with Crippen LogP contribution in [0, 0.1) is 22.7 Å². The van der Waals surface area contributed by atoms with Gasteiger partial charge in [0.2, 0.25) is 0 Å². The van der Waals surface area contributed by atoms with Crippen molar-refractivity contribution in [3.05, 3.63) is 29.8 Å². The highest BCUT2D eigenvalue weighted by molar-refractivity contribution is 5.79. The molecule has 0 aromatic heterocycles. The second-order valence-electron chi connectivity index (χ2n) is 10.5. The number of nitrogens with zero attached hydrogens (tertiary/aromatic N) is 1. The molecule has 34 heavy (non-hydrogen) atoms. The quantitative estimate of drug-likeness (QED) is 0.180. The van der Waals surface area contributed by atoms with Gasteiger partial charge in [0.25, 0.3) is 0 Å². The molecule has 2 rings (SSSR count). The number of nitriles is 1. The van der Waals surface area contributed by atoms with Crippen molar-refractivity contribution in [3.8, 4) is 11.8 Å². The van der Waals surface area contributed by atoms with Gasteiger partial charge < -0.3 is 9.47 Å². The predicted octanol–water partition coefficient (Wildman–Crippen LogP) is 8.35. The monoisotopic (exact) mass is 469 g/mol. The first-order valence-electron chi connectivity index (χ1n) is 13.7. The lowest BCUT2D eigenvalue weighted by molar-refractivity contribution is -0.149. The van der Waals surface area contributed by atoms with E-state index < -0.39 is 11.4 Å². The molecule has 0 heterocycles. The van der Waals surface area contributed by atoms with Crippen LogP contribution in [0.2, 0.25) is 0 Å². The number of carbonyl (C=O) groups excluding carboxylic acids is 1. The third kappa shape index (κ3) is 9.69. The number of methoxy groups -OCH3 is 1. The van der Waals surface area contributed by atoms with Crippen LogP contribution in [-0.4, -0.2) is 19.7 Å². The van der Waals surface area contributed by atoms with Crippen molar-refractivity contribution < 1.29 is 14.3 Å². The third-order valence-corrected chi connectivity index (χ3v) is 7.54. The minimum Gasteiger partial charge on any atom is -0.494 e. The molecule has 0 radical (unpaired) electrons. The Labute approximate surface area is 208 Å². The van der Waals surface area contributed by atoms with Crippen molar-refractivity contribution in [1.82, 2.24) is 0 Å². The first kappa shape index (κ1) is 28.2. The molecule has 4 heteroatoms. The van der Waals surface area contributed by atoms with E-state index in [2.05, 4.69) is 37.3 Å². The molecule has 0 saturated heterocycles. The van der Waals surface area contributed by atoms with Gasteiger partial charge in [-0.2, -0.15) is 5.26 Å². The molecule has 1 aromatic carbocycles. The molecule has 1 unspecified atom stereocenters. The van der Waals surface area contributed by atoms with Crippen LogP contribution in [0.25, 0.3) is 0 Å². The number of carbonyl (C=O) groups is 1. The first-order chi connectivity index (χ1) is 16.5. The molecule has 0 amide bonds. The van der Waals surface area contributed by atoms with Crippen molar-refractivity contribution in [1.29, 1.82) is 5.26 Å². The van der Waals surface area contributed by atoms with Gasteiger partial charge in [-0.25, -0.2) is 0 Å². The summed E-state index contributed by atoms with van der Waals surface area (Å²) in [5.74, 6) is 1.52.